The number of methoxy groups -OCH3 is 1. The number of ether oxygens (including phenoxy) is 1. The number of carbonyl (C=O) groups is 2. The SMILES string of the molecule is COc1cccc(C(=O)N2CCN(C(=O)CCc3c(C)nn(CC(C)C)c3C)CC2)c1. The van der Waals surface area contributed by atoms with Gasteiger partial charge in [0.25, 0.3) is 5.91 Å². The van der Waals surface area contributed by atoms with Gasteiger partial charge in [0, 0.05) is 50.4 Å². The first kappa shape index (κ1) is 22.8. The smallest absolute Gasteiger partial charge is 0.254 e. The van der Waals surface area contributed by atoms with E-state index >= 15 is 0 Å². The molecule has 3 rings (SSSR count). The average Bonchev–Trinajstić information content (AvgIpc) is 3.03. The zero-order valence-electron chi connectivity index (χ0n) is 19.4. The van der Waals surface area contributed by atoms with Crippen molar-refractivity contribution < 1.29 is 14.3 Å². The Labute approximate surface area is 185 Å². The molecule has 168 valence electrons. The van der Waals surface area contributed by atoms with E-state index < -0.39 is 0 Å². The summed E-state index contributed by atoms with van der Waals surface area (Å²) in [6.07, 6.45) is 1.18. The maximum Gasteiger partial charge on any atom is 0.254 e. The molecule has 2 heterocycles. The van der Waals surface area contributed by atoms with Gasteiger partial charge in [-0.15, -0.1) is 0 Å². The number of benzene rings is 1. The first-order valence-electron chi connectivity index (χ1n) is 11.0. The quantitative estimate of drug-likeness (QED) is 0.682. The van der Waals surface area contributed by atoms with Crippen LogP contribution in [0.15, 0.2) is 24.3 Å². The zero-order valence-corrected chi connectivity index (χ0v) is 19.4. The van der Waals surface area contributed by atoms with E-state index in [2.05, 4.69) is 30.6 Å². The Balaban J connectivity index is 1.53. The van der Waals surface area contributed by atoms with E-state index in [1.165, 1.54) is 5.56 Å². The topological polar surface area (TPSA) is 67.7 Å². The molecule has 31 heavy (non-hydrogen) atoms. The van der Waals surface area contributed by atoms with Gasteiger partial charge in [0.1, 0.15) is 5.75 Å². The maximum atomic E-state index is 12.8. The van der Waals surface area contributed by atoms with Gasteiger partial charge in [-0.05, 0) is 49.9 Å². The van der Waals surface area contributed by atoms with Crippen molar-refractivity contribution in [2.75, 3.05) is 33.3 Å². The summed E-state index contributed by atoms with van der Waals surface area (Å²) in [5.41, 5.74) is 3.97. The summed E-state index contributed by atoms with van der Waals surface area (Å²) in [6, 6.07) is 7.19. The molecule has 0 aliphatic carbocycles. The molecule has 0 spiro atoms. The number of hydrogen-bond acceptors (Lipinski definition) is 4. The standard InChI is InChI=1S/C24H34N4O3/c1-17(2)16-28-19(4)22(18(3)25-28)9-10-23(29)26-11-13-27(14-12-26)24(30)20-7-6-8-21(15-20)31-5/h6-8,15,17H,9-14,16H2,1-5H3. The number of aryl methyl sites for hydroxylation is 1. The number of piperazine rings is 1. The summed E-state index contributed by atoms with van der Waals surface area (Å²) in [6.45, 7) is 11.6. The third-order valence-electron chi connectivity index (χ3n) is 5.89. The third-order valence-corrected chi connectivity index (χ3v) is 5.89. The summed E-state index contributed by atoms with van der Waals surface area (Å²) in [4.78, 5) is 29.2. The van der Waals surface area contributed by atoms with Gasteiger partial charge in [0.05, 0.1) is 12.8 Å². The van der Waals surface area contributed by atoms with E-state index in [1.54, 1.807) is 19.2 Å². The van der Waals surface area contributed by atoms with Crippen molar-refractivity contribution in [3.8, 4) is 5.75 Å². The van der Waals surface area contributed by atoms with E-state index in [4.69, 9.17) is 4.74 Å². The second-order valence-electron chi connectivity index (χ2n) is 8.63. The fraction of sp³-hybridized carbons (Fsp3) is 0.542. The van der Waals surface area contributed by atoms with Crippen LogP contribution in [0.25, 0.3) is 0 Å². The minimum Gasteiger partial charge on any atom is -0.497 e. The number of carbonyl (C=O) groups excluding carboxylic acids is 2. The molecule has 0 bridgehead atoms. The Morgan fingerprint density at radius 1 is 1.10 bits per heavy atom. The average molecular weight is 427 g/mol. The molecule has 0 saturated carbocycles. The molecule has 0 unspecified atom stereocenters. The zero-order chi connectivity index (χ0) is 22.5. The van der Waals surface area contributed by atoms with Crippen LogP contribution in [0.1, 0.15) is 47.6 Å². The molecule has 0 N–H and O–H groups in total. The number of nitrogens with zero attached hydrogens (tertiary/aromatic N) is 4. The first-order valence-corrected chi connectivity index (χ1v) is 11.0. The molecule has 1 aliphatic rings. The van der Waals surface area contributed by atoms with Gasteiger partial charge < -0.3 is 14.5 Å². The maximum absolute atomic E-state index is 12.8. The Kier molecular flexibility index (Phi) is 7.36. The van der Waals surface area contributed by atoms with Gasteiger partial charge in [-0.3, -0.25) is 14.3 Å². The second-order valence-corrected chi connectivity index (χ2v) is 8.63. The van der Waals surface area contributed by atoms with Crippen LogP contribution in [0.3, 0.4) is 0 Å². The lowest BCUT2D eigenvalue weighted by Crippen LogP contribution is -2.50. The molecule has 1 aromatic heterocycles. The molecule has 1 aliphatic heterocycles. The summed E-state index contributed by atoms with van der Waals surface area (Å²) in [7, 11) is 1.59. The van der Waals surface area contributed by atoms with E-state index in [0.29, 0.717) is 56.3 Å². The Hall–Kier alpha value is -2.83. The van der Waals surface area contributed by atoms with Gasteiger partial charge in [-0.2, -0.15) is 5.10 Å². The van der Waals surface area contributed by atoms with Crippen molar-refractivity contribution in [3.05, 3.63) is 46.8 Å². The minimum absolute atomic E-state index is 0.0187. The van der Waals surface area contributed by atoms with Crippen LogP contribution in [-0.4, -0.2) is 64.7 Å². The monoisotopic (exact) mass is 426 g/mol. The minimum atomic E-state index is -0.0187. The third kappa shape index (κ3) is 5.46. The van der Waals surface area contributed by atoms with Crippen molar-refractivity contribution in [1.29, 1.82) is 0 Å². The molecule has 7 heteroatoms. The van der Waals surface area contributed by atoms with Crippen molar-refractivity contribution >= 4 is 11.8 Å². The normalized spacial score (nSPS) is 14.3. The number of amides is 2. The Bertz CT molecular complexity index is 927. The number of rotatable bonds is 7. The van der Waals surface area contributed by atoms with E-state index in [1.807, 2.05) is 28.9 Å². The Morgan fingerprint density at radius 2 is 1.77 bits per heavy atom. The van der Waals surface area contributed by atoms with Crippen LogP contribution in [-0.2, 0) is 17.8 Å². The molecule has 1 fully saturated rings. The highest BCUT2D eigenvalue weighted by Crippen LogP contribution is 2.18. The predicted octanol–water partition coefficient (Wildman–Crippen LogP) is 3.08. The van der Waals surface area contributed by atoms with Gasteiger partial charge >= 0.3 is 0 Å². The van der Waals surface area contributed by atoms with E-state index in [0.717, 1.165) is 17.9 Å². The van der Waals surface area contributed by atoms with E-state index in [-0.39, 0.29) is 11.8 Å². The van der Waals surface area contributed by atoms with Crippen molar-refractivity contribution in [3.63, 3.8) is 0 Å². The van der Waals surface area contributed by atoms with E-state index in [9.17, 15) is 9.59 Å². The van der Waals surface area contributed by atoms with Crippen molar-refractivity contribution in [2.24, 2.45) is 5.92 Å². The van der Waals surface area contributed by atoms with Crippen LogP contribution < -0.4 is 4.74 Å². The van der Waals surface area contributed by atoms with Crippen molar-refractivity contribution in [2.45, 2.75) is 47.1 Å². The van der Waals surface area contributed by atoms with Gasteiger partial charge in [-0.25, -0.2) is 0 Å². The summed E-state index contributed by atoms with van der Waals surface area (Å²) < 4.78 is 7.27. The second kappa shape index (κ2) is 9.98. The van der Waals surface area contributed by atoms with Gasteiger partial charge in [-0.1, -0.05) is 19.9 Å². The van der Waals surface area contributed by atoms with Crippen LogP contribution >= 0.6 is 0 Å². The molecule has 7 nitrogen and oxygen atoms in total. The van der Waals surface area contributed by atoms with Crippen LogP contribution in [0.4, 0.5) is 0 Å². The molecule has 2 aromatic rings. The highest BCUT2D eigenvalue weighted by Gasteiger charge is 2.25. The summed E-state index contributed by atoms with van der Waals surface area (Å²) in [5, 5.41) is 4.65. The first-order chi connectivity index (χ1) is 14.8. The van der Waals surface area contributed by atoms with Crippen LogP contribution in [0.2, 0.25) is 0 Å². The highest BCUT2D eigenvalue weighted by atomic mass is 16.5. The number of hydrogen-bond donors (Lipinski definition) is 0. The molecule has 0 atom stereocenters. The molecular weight excluding hydrogens is 392 g/mol. The lowest BCUT2D eigenvalue weighted by molar-refractivity contribution is -0.132. The van der Waals surface area contributed by atoms with Crippen molar-refractivity contribution in [1.82, 2.24) is 19.6 Å². The fourth-order valence-electron chi connectivity index (χ4n) is 4.11. The molecular formula is C24H34N4O3. The molecule has 2 amide bonds. The summed E-state index contributed by atoms with van der Waals surface area (Å²) >= 11 is 0. The largest absolute Gasteiger partial charge is 0.497 e. The Morgan fingerprint density at radius 3 is 2.42 bits per heavy atom. The molecule has 1 saturated heterocycles. The van der Waals surface area contributed by atoms with Gasteiger partial charge in [0.15, 0.2) is 0 Å². The van der Waals surface area contributed by atoms with Gasteiger partial charge in [0.2, 0.25) is 5.91 Å². The van der Waals surface area contributed by atoms with Crippen LogP contribution in [0, 0.1) is 19.8 Å². The highest BCUT2D eigenvalue weighted by molar-refractivity contribution is 5.94. The lowest BCUT2D eigenvalue weighted by Gasteiger charge is -2.35. The predicted molar refractivity (Wildman–Crippen MR) is 120 cm³/mol. The molecule has 0 radical (unpaired) electrons. The van der Waals surface area contributed by atoms with Crippen LogP contribution in [0.5, 0.6) is 5.75 Å². The number of aromatic nitrogens is 2. The summed E-state index contributed by atoms with van der Waals surface area (Å²) in [5.74, 6) is 1.32. The molecule has 1 aromatic carbocycles. The lowest BCUT2D eigenvalue weighted by atomic mass is 10.1. The fourth-order valence-corrected chi connectivity index (χ4v) is 4.11.